The van der Waals surface area contributed by atoms with Gasteiger partial charge in [0.2, 0.25) is 0 Å². The first kappa shape index (κ1) is 22.8. The maximum Gasteiger partial charge on any atom is 0.318 e. The van der Waals surface area contributed by atoms with Crippen LogP contribution in [-0.4, -0.2) is 33.6 Å². The average Bonchev–Trinajstić information content (AvgIpc) is 2.74. The van der Waals surface area contributed by atoms with E-state index in [2.05, 4.69) is 12.2 Å². The first-order valence-electron chi connectivity index (χ1n) is 10.7. The second kappa shape index (κ2) is 9.96. The van der Waals surface area contributed by atoms with Crippen molar-refractivity contribution in [3.8, 4) is 5.69 Å². The average molecular weight is 441 g/mol. The van der Waals surface area contributed by atoms with Gasteiger partial charge in [0.15, 0.2) is 0 Å². The molecule has 0 spiro atoms. The van der Waals surface area contributed by atoms with Gasteiger partial charge in [-0.05, 0) is 57.5 Å². The van der Waals surface area contributed by atoms with Crippen LogP contribution in [0.15, 0.2) is 47.3 Å². The maximum atomic E-state index is 13.5. The molecule has 31 heavy (non-hydrogen) atoms. The van der Waals surface area contributed by atoms with Gasteiger partial charge in [-0.15, -0.1) is 0 Å². The normalized spacial score (nSPS) is 12.0. The Morgan fingerprint density at radius 2 is 1.90 bits per heavy atom. The minimum Gasteiger partial charge on any atom is -0.338 e. The number of amides is 2. The van der Waals surface area contributed by atoms with Crippen LogP contribution in [0.1, 0.15) is 51.0 Å². The van der Waals surface area contributed by atoms with Crippen LogP contribution < -0.4 is 10.9 Å². The Morgan fingerprint density at radius 3 is 2.55 bits per heavy atom. The lowest BCUT2D eigenvalue weighted by atomic mass is 10.1. The molecule has 0 aliphatic heterocycles. The number of nitrogens with zero attached hydrogens (tertiary/aromatic N) is 3. The summed E-state index contributed by atoms with van der Waals surface area (Å²) in [5, 5.41) is 3.88. The Labute approximate surface area is 187 Å². The van der Waals surface area contributed by atoms with E-state index in [-0.39, 0.29) is 11.6 Å². The molecule has 3 aromatic rings. The molecule has 0 saturated carbocycles. The maximum absolute atomic E-state index is 13.5. The highest BCUT2D eigenvalue weighted by molar-refractivity contribution is 6.31. The summed E-state index contributed by atoms with van der Waals surface area (Å²) in [7, 11) is 0. The zero-order valence-electron chi connectivity index (χ0n) is 18.5. The summed E-state index contributed by atoms with van der Waals surface area (Å²) in [6, 6.07) is 12.2. The number of halogens is 1. The number of aromatic nitrogens is 2. The van der Waals surface area contributed by atoms with Crippen LogP contribution in [-0.2, 0) is 0 Å². The number of fused-ring (bicyclic) bond motifs is 1. The van der Waals surface area contributed by atoms with Crippen molar-refractivity contribution in [3.63, 3.8) is 0 Å². The van der Waals surface area contributed by atoms with Gasteiger partial charge in [-0.3, -0.25) is 9.36 Å². The molecule has 2 aromatic carbocycles. The summed E-state index contributed by atoms with van der Waals surface area (Å²) < 4.78 is 1.61. The number of rotatable bonds is 7. The Morgan fingerprint density at radius 1 is 1.19 bits per heavy atom. The number of unbranched alkanes of at least 4 members (excludes halogenated alkanes) is 1. The predicted molar refractivity (Wildman–Crippen MR) is 126 cm³/mol. The fourth-order valence-electron chi connectivity index (χ4n) is 3.59. The van der Waals surface area contributed by atoms with E-state index < -0.39 is 6.04 Å². The smallest absolute Gasteiger partial charge is 0.318 e. The summed E-state index contributed by atoms with van der Waals surface area (Å²) in [5.74, 6) is 0.506. The third-order valence-corrected chi connectivity index (χ3v) is 5.57. The molecule has 0 radical (unpaired) electrons. The van der Waals surface area contributed by atoms with Gasteiger partial charge in [0.05, 0.1) is 22.6 Å². The molecule has 0 fully saturated rings. The van der Waals surface area contributed by atoms with Crippen LogP contribution >= 0.6 is 11.6 Å². The molecule has 0 bridgehead atoms. The number of urea groups is 1. The highest BCUT2D eigenvalue weighted by Crippen LogP contribution is 2.24. The van der Waals surface area contributed by atoms with Crippen molar-refractivity contribution in [2.24, 2.45) is 0 Å². The van der Waals surface area contributed by atoms with Crippen molar-refractivity contribution in [1.29, 1.82) is 0 Å². The van der Waals surface area contributed by atoms with E-state index in [1.54, 1.807) is 27.7 Å². The monoisotopic (exact) mass is 440 g/mol. The molecule has 6 nitrogen and oxygen atoms in total. The van der Waals surface area contributed by atoms with Gasteiger partial charge in [0.1, 0.15) is 5.82 Å². The molecular formula is C24H29ClN4O2. The summed E-state index contributed by atoms with van der Waals surface area (Å²) in [5.41, 5.74) is 2.15. The SMILES string of the molecule is CCCCN(C(=O)NCC)C(C)c1nc2cc(Cl)ccc2c(=O)n1-c1ccc(C)cc1. The summed E-state index contributed by atoms with van der Waals surface area (Å²) >= 11 is 6.18. The van der Waals surface area contributed by atoms with E-state index in [1.165, 1.54) is 0 Å². The summed E-state index contributed by atoms with van der Waals surface area (Å²) in [4.78, 5) is 33.0. The van der Waals surface area contributed by atoms with Crippen LogP contribution in [0.2, 0.25) is 5.02 Å². The minimum absolute atomic E-state index is 0.167. The molecule has 1 unspecified atom stereocenters. The zero-order valence-corrected chi connectivity index (χ0v) is 19.2. The number of benzene rings is 2. The number of hydrogen-bond acceptors (Lipinski definition) is 3. The molecular weight excluding hydrogens is 412 g/mol. The van der Waals surface area contributed by atoms with Crippen LogP contribution in [0.3, 0.4) is 0 Å². The van der Waals surface area contributed by atoms with Crippen molar-refractivity contribution < 1.29 is 4.79 Å². The highest BCUT2D eigenvalue weighted by Gasteiger charge is 2.26. The quantitative estimate of drug-likeness (QED) is 0.546. The van der Waals surface area contributed by atoms with Gasteiger partial charge in [-0.2, -0.15) is 0 Å². The van der Waals surface area contributed by atoms with E-state index in [1.807, 2.05) is 45.0 Å². The molecule has 1 aromatic heterocycles. The lowest BCUT2D eigenvalue weighted by molar-refractivity contribution is 0.175. The molecule has 0 saturated heterocycles. The molecule has 0 aliphatic carbocycles. The Hall–Kier alpha value is -2.86. The summed E-state index contributed by atoms with van der Waals surface area (Å²) in [6.07, 6.45) is 1.81. The number of carbonyl (C=O) groups is 1. The fourth-order valence-corrected chi connectivity index (χ4v) is 3.76. The van der Waals surface area contributed by atoms with Crippen molar-refractivity contribution in [3.05, 3.63) is 69.2 Å². The number of aryl methyl sites for hydroxylation is 1. The Balaban J connectivity index is 2.24. The van der Waals surface area contributed by atoms with Crippen molar-refractivity contribution in [2.45, 2.75) is 46.6 Å². The van der Waals surface area contributed by atoms with Crippen molar-refractivity contribution in [1.82, 2.24) is 19.8 Å². The summed E-state index contributed by atoms with van der Waals surface area (Å²) in [6.45, 7) is 8.98. The van der Waals surface area contributed by atoms with Gasteiger partial charge in [-0.25, -0.2) is 9.78 Å². The van der Waals surface area contributed by atoms with E-state index in [9.17, 15) is 9.59 Å². The third kappa shape index (κ3) is 4.90. The minimum atomic E-state index is -0.421. The molecule has 7 heteroatoms. The topological polar surface area (TPSA) is 67.2 Å². The van der Waals surface area contributed by atoms with Gasteiger partial charge in [0, 0.05) is 18.1 Å². The van der Waals surface area contributed by atoms with Gasteiger partial charge >= 0.3 is 6.03 Å². The van der Waals surface area contributed by atoms with Crippen LogP contribution in [0.4, 0.5) is 4.79 Å². The largest absolute Gasteiger partial charge is 0.338 e. The molecule has 3 rings (SSSR count). The van der Waals surface area contributed by atoms with Crippen molar-refractivity contribution in [2.75, 3.05) is 13.1 Å². The Kier molecular flexibility index (Phi) is 7.33. The van der Waals surface area contributed by atoms with Crippen LogP contribution in [0.25, 0.3) is 16.6 Å². The van der Waals surface area contributed by atoms with E-state index in [0.29, 0.717) is 40.5 Å². The first-order chi connectivity index (χ1) is 14.9. The predicted octanol–water partition coefficient (Wildman–Crippen LogP) is 5.24. The van der Waals surface area contributed by atoms with E-state index in [0.717, 1.165) is 18.4 Å². The second-order valence-electron chi connectivity index (χ2n) is 7.67. The number of nitrogens with one attached hydrogen (secondary N) is 1. The van der Waals surface area contributed by atoms with E-state index in [4.69, 9.17) is 16.6 Å². The lowest BCUT2D eigenvalue weighted by Gasteiger charge is -2.30. The zero-order chi connectivity index (χ0) is 22.5. The first-order valence-corrected chi connectivity index (χ1v) is 11.1. The fraction of sp³-hybridized carbons (Fsp3) is 0.375. The van der Waals surface area contributed by atoms with Crippen molar-refractivity contribution >= 4 is 28.5 Å². The lowest BCUT2D eigenvalue weighted by Crippen LogP contribution is -2.43. The van der Waals surface area contributed by atoms with Gasteiger partial charge < -0.3 is 10.2 Å². The van der Waals surface area contributed by atoms with Crippen LogP contribution in [0.5, 0.6) is 0 Å². The molecule has 1 heterocycles. The molecule has 1 N–H and O–H groups in total. The van der Waals surface area contributed by atoms with E-state index >= 15 is 0 Å². The highest BCUT2D eigenvalue weighted by atomic mass is 35.5. The molecule has 1 atom stereocenters. The molecule has 164 valence electrons. The standard InChI is InChI=1S/C24H29ClN4O2/c1-5-7-14-28(24(31)26-6-2)17(4)22-27-21-15-18(25)10-13-20(21)23(30)29(22)19-11-8-16(3)9-12-19/h8-13,15,17H,5-7,14H2,1-4H3,(H,26,31). The number of hydrogen-bond donors (Lipinski definition) is 1. The molecule has 0 aliphatic rings. The number of carbonyl (C=O) groups excluding carboxylic acids is 1. The van der Waals surface area contributed by atoms with Crippen LogP contribution in [0, 0.1) is 6.92 Å². The Bertz CT molecular complexity index is 1120. The van der Waals surface area contributed by atoms with Gasteiger partial charge in [-0.1, -0.05) is 42.6 Å². The second-order valence-corrected chi connectivity index (χ2v) is 8.10. The third-order valence-electron chi connectivity index (χ3n) is 5.33. The van der Waals surface area contributed by atoms with Gasteiger partial charge in [0.25, 0.3) is 5.56 Å². The molecule has 2 amide bonds.